The number of pyridine rings is 2. The lowest BCUT2D eigenvalue weighted by atomic mass is 9.94. The van der Waals surface area contributed by atoms with Crippen LogP contribution in [0, 0.1) is 5.92 Å². The molecule has 1 aliphatic rings. The molecule has 2 aromatic heterocycles. The van der Waals surface area contributed by atoms with Crippen molar-refractivity contribution in [1.29, 1.82) is 0 Å². The van der Waals surface area contributed by atoms with Crippen LogP contribution < -0.4 is 16.2 Å². The molecule has 0 spiro atoms. The Morgan fingerprint density at radius 1 is 0.942 bits per heavy atom. The minimum Gasteiger partial charge on any atom is -0.390 e. The Morgan fingerprint density at radius 3 is 2.38 bits per heavy atom. The molecular formula is C41H52N6O5. The van der Waals surface area contributed by atoms with Crippen molar-refractivity contribution in [3.63, 3.8) is 0 Å². The number of piperidine rings is 1. The summed E-state index contributed by atoms with van der Waals surface area (Å²) in [5, 5.41) is 15.9. The molecule has 1 saturated heterocycles. The quantitative estimate of drug-likeness (QED) is 0.0749. The number of hydrazine groups is 1. The average Bonchev–Trinajstić information content (AvgIpc) is 3.13. The van der Waals surface area contributed by atoms with Crippen LogP contribution in [-0.2, 0) is 27.4 Å². The summed E-state index contributed by atoms with van der Waals surface area (Å²) in [6.45, 7) is 10.7. The van der Waals surface area contributed by atoms with Crippen LogP contribution >= 0.6 is 0 Å². The number of Topliss-reactive ketones (excluding diaryl/α,β-unsaturated/α-hetero) is 2. The van der Waals surface area contributed by atoms with E-state index in [4.69, 9.17) is 4.74 Å². The first kappa shape index (κ1) is 38.8. The van der Waals surface area contributed by atoms with Crippen molar-refractivity contribution >= 4 is 28.4 Å². The second kappa shape index (κ2) is 17.9. The molecule has 5 rings (SSSR count). The highest BCUT2D eigenvalue weighted by Crippen LogP contribution is 2.24. The molecule has 52 heavy (non-hydrogen) atoms. The molecule has 2 aromatic carbocycles. The third-order valence-corrected chi connectivity index (χ3v) is 9.29. The van der Waals surface area contributed by atoms with Crippen LogP contribution in [0.4, 0.5) is 0 Å². The number of para-hydroxylation sites is 1. The topological polar surface area (TPSA) is 146 Å². The fourth-order valence-electron chi connectivity index (χ4n) is 6.49. The van der Waals surface area contributed by atoms with Gasteiger partial charge in [0.05, 0.1) is 42.5 Å². The number of carbonyl (C=O) groups excluding carboxylic acids is 3. The van der Waals surface area contributed by atoms with Gasteiger partial charge in [-0.3, -0.25) is 29.7 Å². The van der Waals surface area contributed by atoms with Gasteiger partial charge < -0.3 is 15.2 Å². The maximum absolute atomic E-state index is 13.7. The van der Waals surface area contributed by atoms with Crippen LogP contribution in [0.15, 0.2) is 91.3 Å². The standard InChI is InChI=1S/C41H52N6O5/c1-27(2)37(39(50)38(49)33-18-17-30-15-9-10-16-32(30)43-33)46-45-34(22-28-12-7-6-8-13-28)36(48)25-47-21-19-31(52-26-29-14-11-20-42-24-29)23-35(47)40(51)44-41(3,4)5/h6-18,20,24,27,31,34-37,45-46,48H,19,21-23,25-26H2,1-5H3,(H,44,51)/t31?,34-,35-,36+,37-/m0/s1. The minimum absolute atomic E-state index is 0.0874. The van der Waals surface area contributed by atoms with Gasteiger partial charge in [-0.2, -0.15) is 0 Å². The highest BCUT2D eigenvalue weighted by atomic mass is 16.5. The van der Waals surface area contributed by atoms with E-state index in [1.165, 1.54) is 0 Å². The van der Waals surface area contributed by atoms with E-state index in [9.17, 15) is 19.5 Å². The SMILES string of the molecule is CC(C)[C@H](NN[C@@H](Cc1ccccc1)[C@H](O)CN1CCC(OCc2cccnc2)C[C@H]1C(=O)NC(C)(C)C)C(=O)C(=O)c1ccc2ccccc2n1. The summed E-state index contributed by atoms with van der Waals surface area (Å²) in [6, 6.07) is 22.4. The van der Waals surface area contributed by atoms with Crippen LogP contribution in [0.1, 0.15) is 69.1 Å². The number of aliphatic hydroxyl groups excluding tert-OH is 1. The number of rotatable bonds is 16. The van der Waals surface area contributed by atoms with E-state index >= 15 is 0 Å². The van der Waals surface area contributed by atoms with E-state index < -0.39 is 41.3 Å². The third-order valence-electron chi connectivity index (χ3n) is 9.29. The summed E-state index contributed by atoms with van der Waals surface area (Å²) in [4.78, 5) is 51.4. The van der Waals surface area contributed by atoms with Gasteiger partial charge >= 0.3 is 0 Å². The van der Waals surface area contributed by atoms with Crippen molar-refractivity contribution in [3.05, 3.63) is 108 Å². The van der Waals surface area contributed by atoms with Gasteiger partial charge in [-0.15, -0.1) is 0 Å². The number of benzene rings is 2. The Kier molecular flexibility index (Phi) is 13.4. The average molecular weight is 709 g/mol. The van der Waals surface area contributed by atoms with Crippen molar-refractivity contribution in [3.8, 4) is 0 Å². The second-order valence-electron chi connectivity index (χ2n) is 15.0. The Labute approximate surface area is 306 Å². The smallest absolute Gasteiger partial charge is 0.248 e. The molecule has 0 radical (unpaired) electrons. The monoisotopic (exact) mass is 708 g/mol. The highest BCUT2D eigenvalue weighted by molar-refractivity contribution is 6.45. The van der Waals surface area contributed by atoms with Gasteiger partial charge in [0.25, 0.3) is 0 Å². The number of aliphatic hydroxyl groups is 1. The Hall–Kier alpha value is -4.39. The number of aromatic nitrogens is 2. The molecule has 0 aliphatic carbocycles. The molecule has 5 atom stereocenters. The van der Waals surface area contributed by atoms with Gasteiger partial charge in [0.2, 0.25) is 17.5 Å². The fourth-order valence-corrected chi connectivity index (χ4v) is 6.49. The minimum atomic E-state index is -0.953. The maximum Gasteiger partial charge on any atom is 0.248 e. The van der Waals surface area contributed by atoms with Crippen LogP contribution in [0.2, 0.25) is 0 Å². The number of ether oxygens (including phenoxy) is 1. The number of carbonyl (C=O) groups is 3. The van der Waals surface area contributed by atoms with Crippen molar-refractivity contribution in [1.82, 2.24) is 31.0 Å². The van der Waals surface area contributed by atoms with Crippen LogP contribution in [0.3, 0.4) is 0 Å². The van der Waals surface area contributed by atoms with Crippen molar-refractivity contribution in [2.24, 2.45) is 5.92 Å². The number of hydrogen-bond donors (Lipinski definition) is 4. The van der Waals surface area contributed by atoms with E-state index in [-0.39, 0.29) is 30.2 Å². The molecular weight excluding hydrogens is 656 g/mol. The molecule has 0 saturated carbocycles. The predicted octanol–water partition coefficient (Wildman–Crippen LogP) is 4.44. The molecule has 1 unspecified atom stereocenters. The van der Waals surface area contributed by atoms with Gasteiger partial charge in [0, 0.05) is 36.4 Å². The van der Waals surface area contributed by atoms with Crippen molar-refractivity contribution in [2.75, 3.05) is 13.1 Å². The molecule has 276 valence electrons. The Morgan fingerprint density at radius 2 is 1.67 bits per heavy atom. The number of nitrogens with one attached hydrogen (secondary N) is 3. The molecule has 3 heterocycles. The highest BCUT2D eigenvalue weighted by Gasteiger charge is 2.38. The molecule has 0 bridgehead atoms. The molecule has 11 heteroatoms. The van der Waals surface area contributed by atoms with Crippen LogP contribution in [0.5, 0.6) is 0 Å². The number of β-amino-alcohol motifs (C(OH)–C–C–N with tert-alkyl or cyclic N) is 1. The van der Waals surface area contributed by atoms with Gasteiger partial charge in [0.1, 0.15) is 5.69 Å². The summed E-state index contributed by atoms with van der Waals surface area (Å²) < 4.78 is 6.25. The van der Waals surface area contributed by atoms with Gasteiger partial charge in [-0.05, 0) is 75.3 Å². The number of fused-ring (bicyclic) bond motifs is 1. The number of nitrogens with zero attached hydrogens (tertiary/aromatic N) is 3. The van der Waals surface area contributed by atoms with Crippen LogP contribution in [-0.4, -0.2) is 86.4 Å². The number of ketones is 2. The van der Waals surface area contributed by atoms with E-state index in [0.717, 1.165) is 16.5 Å². The Balaban J connectivity index is 1.30. The molecule has 1 amide bonds. The Bertz CT molecular complexity index is 1780. The van der Waals surface area contributed by atoms with E-state index in [1.54, 1.807) is 30.6 Å². The summed E-state index contributed by atoms with van der Waals surface area (Å²) in [7, 11) is 0. The third kappa shape index (κ3) is 10.8. The first-order valence-corrected chi connectivity index (χ1v) is 18.1. The maximum atomic E-state index is 13.7. The molecule has 1 fully saturated rings. The second-order valence-corrected chi connectivity index (χ2v) is 15.0. The fraction of sp³-hybridized carbons (Fsp3) is 0.439. The van der Waals surface area contributed by atoms with Gasteiger partial charge in [-0.1, -0.05) is 74.5 Å². The molecule has 1 aliphatic heterocycles. The zero-order chi connectivity index (χ0) is 37.3. The zero-order valence-electron chi connectivity index (χ0n) is 30.8. The zero-order valence-corrected chi connectivity index (χ0v) is 30.8. The van der Waals surface area contributed by atoms with Crippen molar-refractivity contribution < 1.29 is 24.2 Å². The molecule has 4 N–H and O–H groups in total. The first-order valence-electron chi connectivity index (χ1n) is 18.1. The molecule has 4 aromatic rings. The lowest BCUT2D eigenvalue weighted by Gasteiger charge is -2.41. The van der Waals surface area contributed by atoms with Crippen molar-refractivity contribution in [2.45, 2.75) is 96.4 Å². The van der Waals surface area contributed by atoms with E-state index in [1.807, 2.05) is 100 Å². The summed E-state index contributed by atoms with van der Waals surface area (Å²) in [6.07, 6.45) is 3.99. The molecule has 11 nitrogen and oxygen atoms in total. The van der Waals surface area contributed by atoms with E-state index in [0.29, 0.717) is 37.9 Å². The number of likely N-dealkylation sites (tertiary alicyclic amines) is 1. The van der Waals surface area contributed by atoms with Crippen LogP contribution in [0.25, 0.3) is 10.9 Å². The predicted molar refractivity (Wildman–Crippen MR) is 201 cm³/mol. The lowest BCUT2D eigenvalue weighted by Crippen LogP contribution is -2.61. The number of hydrogen-bond acceptors (Lipinski definition) is 10. The normalized spacial score (nSPS) is 18.5. The first-order chi connectivity index (χ1) is 24.9. The largest absolute Gasteiger partial charge is 0.390 e. The lowest BCUT2D eigenvalue weighted by molar-refractivity contribution is -0.133. The van der Waals surface area contributed by atoms with Gasteiger partial charge in [-0.25, -0.2) is 10.4 Å². The summed E-state index contributed by atoms with van der Waals surface area (Å²) in [5.41, 5.74) is 8.58. The number of amides is 1. The summed E-state index contributed by atoms with van der Waals surface area (Å²) >= 11 is 0. The summed E-state index contributed by atoms with van der Waals surface area (Å²) in [5.74, 6) is -1.67. The van der Waals surface area contributed by atoms with E-state index in [2.05, 4.69) is 26.1 Å². The van der Waals surface area contributed by atoms with Gasteiger partial charge in [0.15, 0.2) is 0 Å².